The number of benzene rings is 2. The molecule has 202 valence electrons. The summed E-state index contributed by atoms with van der Waals surface area (Å²) in [5.74, 6) is -0.225. The van der Waals surface area contributed by atoms with Crippen LogP contribution in [0.3, 0.4) is 0 Å². The normalized spacial score (nSPS) is 11.9. The lowest BCUT2D eigenvalue weighted by Crippen LogP contribution is -2.45. The fourth-order valence-corrected chi connectivity index (χ4v) is 4.41. The van der Waals surface area contributed by atoms with E-state index in [1.165, 1.54) is 17.7 Å². The highest BCUT2D eigenvalue weighted by atomic mass is 16.3. The molecule has 4 N–H and O–H groups in total. The predicted octanol–water partition coefficient (Wildman–Crippen LogP) is 4.69. The maximum absolute atomic E-state index is 12.6. The van der Waals surface area contributed by atoms with Crippen molar-refractivity contribution in [2.75, 3.05) is 0 Å². The van der Waals surface area contributed by atoms with Crippen LogP contribution in [-0.2, 0) is 22.4 Å². The van der Waals surface area contributed by atoms with E-state index in [0.717, 1.165) is 41.2 Å². The standard InChI is InChI=1S/C31H35N5O3/c1-21(2)23-12-14-24(15-13-23)36-25(20-28(35-36)27-8-5-6-18-33-27)7-3-4-9-30(38)34-29(31(32)39)19-22-10-16-26(37)17-11-22/h5-6,8,10-18,20-21,29,37H,3-4,7,9,19H2,1-2H3,(H2,32,39)(H,34,38)/t29-/m0/s1. The summed E-state index contributed by atoms with van der Waals surface area (Å²) in [5.41, 5.74) is 11.2. The van der Waals surface area contributed by atoms with Crippen LogP contribution >= 0.6 is 0 Å². The third-order valence-corrected chi connectivity index (χ3v) is 6.66. The molecule has 1 atom stereocenters. The van der Waals surface area contributed by atoms with Gasteiger partial charge in [-0.25, -0.2) is 4.68 Å². The monoisotopic (exact) mass is 525 g/mol. The summed E-state index contributed by atoms with van der Waals surface area (Å²) in [6.45, 7) is 4.34. The molecule has 0 aliphatic rings. The largest absolute Gasteiger partial charge is 0.508 e. The quantitative estimate of drug-likeness (QED) is 0.232. The van der Waals surface area contributed by atoms with Gasteiger partial charge >= 0.3 is 0 Å². The van der Waals surface area contributed by atoms with E-state index in [-0.39, 0.29) is 24.5 Å². The van der Waals surface area contributed by atoms with Gasteiger partial charge < -0.3 is 16.2 Å². The Labute approximate surface area is 228 Å². The van der Waals surface area contributed by atoms with Crippen LogP contribution in [0.4, 0.5) is 0 Å². The van der Waals surface area contributed by atoms with E-state index in [1.54, 1.807) is 18.3 Å². The molecule has 2 aromatic heterocycles. The van der Waals surface area contributed by atoms with E-state index in [9.17, 15) is 14.7 Å². The molecule has 0 aliphatic carbocycles. The van der Waals surface area contributed by atoms with Gasteiger partial charge in [0.15, 0.2) is 0 Å². The number of phenolic OH excluding ortho intramolecular Hbond substituents is 1. The Morgan fingerprint density at radius 2 is 1.72 bits per heavy atom. The predicted molar refractivity (Wildman–Crippen MR) is 151 cm³/mol. The first-order valence-corrected chi connectivity index (χ1v) is 13.3. The van der Waals surface area contributed by atoms with Crippen molar-refractivity contribution in [2.24, 2.45) is 5.73 Å². The number of hydrogen-bond donors (Lipinski definition) is 3. The van der Waals surface area contributed by atoms with Gasteiger partial charge in [-0.15, -0.1) is 0 Å². The minimum absolute atomic E-state index is 0.138. The number of hydrogen-bond acceptors (Lipinski definition) is 5. The molecule has 0 bridgehead atoms. The number of unbranched alkanes of at least 4 members (excludes halogenated alkanes) is 1. The molecule has 4 rings (SSSR count). The van der Waals surface area contributed by atoms with Crippen LogP contribution in [0.5, 0.6) is 5.75 Å². The van der Waals surface area contributed by atoms with E-state index < -0.39 is 11.9 Å². The first-order valence-electron chi connectivity index (χ1n) is 13.3. The lowest BCUT2D eigenvalue weighted by Gasteiger charge is -2.16. The highest BCUT2D eigenvalue weighted by Crippen LogP contribution is 2.23. The number of aryl methyl sites for hydroxylation is 1. The van der Waals surface area contributed by atoms with Gasteiger partial charge in [0, 0.05) is 24.7 Å². The van der Waals surface area contributed by atoms with Gasteiger partial charge in [-0.05, 0) is 78.8 Å². The molecule has 2 heterocycles. The summed E-state index contributed by atoms with van der Waals surface area (Å²) >= 11 is 0. The molecule has 4 aromatic rings. The van der Waals surface area contributed by atoms with Crippen molar-refractivity contribution < 1.29 is 14.7 Å². The lowest BCUT2D eigenvalue weighted by molar-refractivity contribution is -0.127. The zero-order valence-electron chi connectivity index (χ0n) is 22.4. The molecule has 2 aromatic carbocycles. The summed E-state index contributed by atoms with van der Waals surface area (Å²) in [6.07, 6.45) is 4.45. The number of carbonyl (C=O) groups excluding carboxylic acids is 2. The number of carbonyl (C=O) groups is 2. The number of nitrogens with two attached hydrogens (primary N) is 1. The van der Waals surface area contributed by atoms with Crippen molar-refractivity contribution in [3.63, 3.8) is 0 Å². The second-order valence-electron chi connectivity index (χ2n) is 9.99. The van der Waals surface area contributed by atoms with Gasteiger partial charge in [-0.1, -0.05) is 44.2 Å². The number of amides is 2. The number of pyridine rings is 1. The first kappa shape index (κ1) is 27.6. The van der Waals surface area contributed by atoms with Crippen LogP contribution in [0.25, 0.3) is 17.1 Å². The smallest absolute Gasteiger partial charge is 0.240 e. The Bertz CT molecular complexity index is 1380. The number of aromatic nitrogens is 3. The Morgan fingerprint density at radius 1 is 0.974 bits per heavy atom. The second-order valence-corrected chi connectivity index (χ2v) is 9.99. The summed E-state index contributed by atoms with van der Waals surface area (Å²) in [7, 11) is 0. The number of aromatic hydroxyl groups is 1. The van der Waals surface area contributed by atoms with Gasteiger partial charge in [0.1, 0.15) is 17.5 Å². The van der Waals surface area contributed by atoms with Crippen molar-refractivity contribution in [1.82, 2.24) is 20.1 Å². The van der Waals surface area contributed by atoms with Gasteiger partial charge in [-0.3, -0.25) is 14.6 Å². The topological polar surface area (TPSA) is 123 Å². The average Bonchev–Trinajstić information content (AvgIpc) is 3.36. The minimum Gasteiger partial charge on any atom is -0.508 e. The van der Waals surface area contributed by atoms with Gasteiger partial charge in [-0.2, -0.15) is 5.10 Å². The molecule has 0 saturated heterocycles. The van der Waals surface area contributed by atoms with Crippen molar-refractivity contribution in [3.8, 4) is 22.8 Å². The number of rotatable bonds is 12. The molecule has 2 amide bonds. The zero-order valence-corrected chi connectivity index (χ0v) is 22.4. The van der Waals surface area contributed by atoms with Gasteiger partial charge in [0.2, 0.25) is 11.8 Å². The molecule has 0 aliphatic heterocycles. The van der Waals surface area contributed by atoms with E-state index in [0.29, 0.717) is 12.3 Å². The molecule has 8 heteroatoms. The molecule has 0 fully saturated rings. The molecule has 0 radical (unpaired) electrons. The highest BCUT2D eigenvalue weighted by Gasteiger charge is 2.19. The molecule has 0 saturated carbocycles. The van der Waals surface area contributed by atoms with E-state index in [1.807, 2.05) is 22.9 Å². The summed E-state index contributed by atoms with van der Waals surface area (Å²) < 4.78 is 1.95. The van der Waals surface area contributed by atoms with Crippen LogP contribution in [0.15, 0.2) is 79.0 Å². The lowest BCUT2D eigenvalue weighted by atomic mass is 10.0. The Kier molecular flexibility index (Phi) is 9.10. The maximum atomic E-state index is 12.6. The molecule has 0 spiro atoms. The molecule has 39 heavy (non-hydrogen) atoms. The molecule has 8 nitrogen and oxygen atoms in total. The van der Waals surface area contributed by atoms with Gasteiger partial charge in [0.25, 0.3) is 0 Å². The minimum atomic E-state index is -0.807. The Balaban J connectivity index is 1.39. The summed E-state index contributed by atoms with van der Waals surface area (Å²) in [4.78, 5) is 29.0. The van der Waals surface area contributed by atoms with Gasteiger partial charge in [0.05, 0.1) is 11.4 Å². The van der Waals surface area contributed by atoms with Crippen LogP contribution in [0, 0.1) is 0 Å². The third kappa shape index (κ3) is 7.54. The molecule has 0 unspecified atom stereocenters. The van der Waals surface area contributed by atoms with E-state index >= 15 is 0 Å². The van der Waals surface area contributed by atoms with Crippen molar-refractivity contribution in [1.29, 1.82) is 0 Å². The fraction of sp³-hybridized carbons (Fsp3) is 0.290. The highest BCUT2D eigenvalue weighted by molar-refractivity contribution is 5.86. The van der Waals surface area contributed by atoms with Crippen molar-refractivity contribution in [3.05, 3.63) is 95.8 Å². The van der Waals surface area contributed by atoms with Crippen molar-refractivity contribution >= 4 is 11.8 Å². The molecular formula is C31H35N5O3. The van der Waals surface area contributed by atoms with E-state index in [4.69, 9.17) is 10.8 Å². The fourth-order valence-electron chi connectivity index (χ4n) is 4.41. The van der Waals surface area contributed by atoms with Crippen LogP contribution in [-0.4, -0.2) is 37.7 Å². The maximum Gasteiger partial charge on any atom is 0.240 e. The Hall–Kier alpha value is -4.46. The average molecular weight is 526 g/mol. The van der Waals surface area contributed by atoms with Crippen LogP contribution in [0.1, 0.15) is 55.8 Å². The zero-order chi connectivity index (χ0) is 27.8. The summed E-state index contributed by atoms with van der Waals surface area (Å²) in [5, 5.41) is 17.1. The van der Waals surface area contributed by atoms with Crippen LogP contribution < -0.4 is 11.1 Å². The van der Waals surface area contributed by atoms with E-state index in [2.05, 4.69) is 54.5 Å². The molecular weight excluding hydrogens is 490 g/mol. The number of nitrogens with zero attached hydrogens (tertiary/aromatic N) is 3. The van der Waals surface area contributed by atoms with Crippen molar-refractivity contribution in [2.45, 2.75) is 57.9 Å². The number of primary amides is 1. The number of nitrogens with one attached hydrogen (secondary N) is 1. The third-order valence-electron chi connectivity index (χ3n) is 6.66. The Morgan fingerprint density at radius 3 is 2.36 bits per heavy atom. The second kappa shape index (κ2) is 12.9. The summed E-state index contributed by atoms with van der Waals surface area (Å²) in [6, 6.07) is 21.9. The first-order chi connectivity index (χ1) is 18.8. The SMILES string of the molecule is CC(C)c1ccc(-n2nc(-c3ccccn3)cc2CCCCC(=O)N[C@@H](Cc2ccc(O)cc2)C(N)=O)cc1. The number of phenols is 1. The van der Waals surface area contributed by atoms with Crippen LogP contribution in [0.2, 0.25) is 0 Å².